The van der Waals surface area contributed by atoms with Crippen molar-refractivity contribution in [1.29, 1.82) is 0 Å². The van der Waals surface area contributed by atoms with Gasteiger partial charge in [0.2, 0.25) is 5.91 Å². The molecule has 0 spiro atoms. The number of aromatic hydroxyl groups is 1. The largest absolute Gasteiger partial charge is 0.507 e. The lowest BCUT2D eigenvalue weighted by Gasteiger charge is -2.10. The van der Waals surface area contributed by atoms with Crippen molar-refractivity contribution in [2.75, 3.05) is 20.8 Å². The molecule has 0 saturated heterocycles. The van der Waals surface area contributed by atoms with Crippen LogP contribution in [-0.2, 0) is 11.2 Å². The second-order valence-electron chi connectivity index (χ2n) is 7.47. The van der Waals surface area contributed by atoms with Crippen molar-refractivity contribution in [3.05, 3.63) is 65.7 Å². The van der Waals surface area contributed by atoms with Gasteiger partial charge in [-0.05, 0) is 53.9 Å². The molecule has 3 rings (SSSR count). The maximum absolute atomic E-state index is 12.4. The number of carbonyl (C=O) groups excluding carboxylic acids is 2. The zero-order valence-electron chi connectivity index (χ0n) is 18.8. The van der Waals surface area contributed by atoms with Gasteiger partial charge in [-0.1, -0.05) is 30.3 Å². The zero-order chi connectivity index (χ0) is 23.8. The minimum absolute atomic E-state index is 0.0376. The highest BCUT2D eigenvalue weighted by atomic mass is 16.5. The molecule has 0 atom stereocenters. The Balaban J connectivity index is 1.50. The summed E-state index contributed by atoms with van der Waals surface area (Å²) in [7, 11) is 3.15. The molecule has 0 heterocycles. The van der Waals surface area contributed by atoms with Gasteiger partial charge in [-0.25, -0.2) is 5.43 Å². The molecule has 33 heavy (non-hydrogen) atoms. The van der Waals surface area contributed by atoms with E-state index in [1.165, 1.54) is 6.07 Å². The fraction of sp³-hybridized carbons (Fsp3) is 0.240. The number of methoxy groups -OCH3 is 2. The third kappa shape index (κ3) is 6.22. The van der Waals surface area contributed by atoms with Crippen molar-refractivity contribution in [2.24, 2.45) is 5.10 Å². The predicted molar refractivity (Wildman–Crippen MR) is 127 cm³/mol. The number of fused-ring (bicyclic) bond motifs is 1. The molecular formula is C25H27N3O5. The molecule has 0 aromatic heterocycles. The highest BCUT2D eigenvalue weighted by molar-refractivity contribution is 6.03. The van der Waals surface area contributed by atoms with Crippen LogP contribution in [0.5, 0.6) is 17.2 Å². The number of benzene rings is 3. The van der Waals surface area contributed by atoms with Gasteiger partial charge in [-0.15, -0.1) is 0 Å². The molecule has 0 fully saturated rings. The Kier molecular flexibility index (Phi) is 7.86. The zero-order valence-corrected chi connectivity index (χ0v) is 18.8. The average Bonchev–Trinajstić information content (AvgIpc) is 2.81. The SMILES string of the molecule is COc1ccc(CCNC(=O)C/C(C)=N/NC(=O)c2cc3ccccc3cc2O)cc1OC. The molecule has 0 aliphatic heterocycles. The third-order valence-electron chi connectivity index (χ3n) is 5.06. The number of hydrogen-bond acceptors (Lipinski definition) is 6. The van der Waals surface area contributed by atoms with Crippen molar-refractivity contribution in [3.8, 4) is 17.2 Å². The van der Waals surface area contributed by atoms with Gasteiger partial charge in [0.1, 0.15) is 5.75 Å². The number of phenolic OH excluding ortho intramolecular Hbond substituents is 1. The van der Waals surface area contributed by atoms with Crippen molar-refractivity contribution >= 4 is 28.3 Å². The number of rotatable bonds is 9. The summed E-state index contributed by atoms with van der Waals surface area (Å²) in [5, 5.41) is 18.6. The Hall–Kier alpha value is -4.07. The quantitative estimate of drug-likeness (QED) is 0.343. The van der Waals surface area contributed by atoms with Gasteiger partial charge in [0.05, 0.1) is 26.2 Å². The van der Waals surface area contributed by atoms with Crippen LogP contribution in [0.3, 0.4) is 0 Å². The van der Waals surface area contributed by atoms with Gasteiger partial charge in [0.25, 0.3) is 5.91 Å². The van der Waals surface area contributed by atoms with E-state index in [0.29, 0.717) is 30.2 Å². The molecule has 0 radical (unpaired) electrons. The summed E-state index contributed by atoms with van der Waals surface area (Å²) in [5.41, 5.74) is 3.95. The Morgan fingerprint density at radius 3 is 2.36 bits per heavy atom. The van der Waals surface area contributed by atoms with Gasteiger partial charge >= 0.3 is 0 Å². The molecule has 8 heteroatoms. The maximum Gasteiger partial charge on any atom is 0.275 e. The molecule has 3 N–H and O–H groups in total. The fourth-order valence-corrected chi connectivity index (χ4v) is 3.33. The summed E-state index contributed by atoms with van der Waals surface area (Å²) >= 11 is 0. The second kappa shape index (κ2) is 11.0. The second-order valence-corrected chi connectivity index (χ2v) is 7.47. The minimum Gasteiger partial charge on any atom is -0.507 e. The fourth-order valence-electron chi connectivity index (χ4n) is 3.33. The van der Waals surface area contributed by atoms with Crippen LogP contribution < -0.4 is 20.2 Å². The molecule has 172 valence electrons. The molecule has 2 amide bonds. The Morgan fingerprint density at radius 1 is 0.970 bits per heavy atom. The number of ether oxygens (including phenoxy) is 2. The van der Waals surface area contributed by atoms with Crippen molar-refractivity contribution < 1.29 is 24.2 Å². The first kappa shape index (κ1) is 23.6. The van der Waals surface area contributed by atoms with Gasteiger partial charge in [0.15, 0.2) is 11.5 Å². The van der Waals surface area contributed by atoms with E-state index < -0.39 is 5.91 Å². The summed E-state index contributed by atoms with van der Waals surface area (Å²) < 4.78 is 10.5. The van der Waals surface area contributed by atoms with Gasteiger partial charge in [0, 0.05) is 12.3 Å². The maximum atomic E-state index is 12.4. The number of phenols is 1. The smallest absolute Gasteiger partial charge is 0.275 e. The van der Waals surface area contributed by atoms with Gasteiger partial charge in [-0.2, -0.15) is 5.10 Å². The Morgan fingerprint density at radius 2 is 1.67 bits per heavy atom. The van der Waals surface area contributed by atoms with Gasteiger partial charge < -0.3 is 19.9 Å². The lowest BCUT2D eigenvalue weighted by molar-refractivity contribution is -0.119. The van der Waals surface area contributed by atoms with E-state index in [4.69, 9.17) is 9.47 Å². The lowest BCUT2D eigenvalue weighted by Crippen LogP contribution is -2.28. The van der Waals surface area contributed by atoms with E-state index in [-0.39, 0.29) is 23.6 Å². The number of hydrazone groups is 1. The Labute approximate surface area is 192 Å². The van der Waals surface area contributed by atoms with Crippen LogP contribution >= 0.6 is 0 Å². The molecule has 3 aromatic carbocycles. The summed E-state index contributed by atoms with van der Waals surface area (Å²) in [6, 6.07) is 16.2. The number of nitrogens with one attached hydrogen (secondary N) is 2. The van der Waals surface area contributed by atoms with Crippen LogP contribution in [0.15, 0.2) is 59.7 Å². The van der Waals surface area contributed by atoms with E-state index in [0.717, 1.165) is 16.3 Å². The van der Waals surface area contributed by atoms with E-state index in [1.54, 1.807) is 27.2 Å². The summed E-state index contributed by atoms with van der Waals surface area (Å²) in [6.45, 7) is 2.09. The summed E-state index contributed by atoms with van der Waals surface area (Å²) in [4.78, 5) is 24.6. The Bertz CT molecular complexity index is 1190. The summed E-state index contributed by atoms with van der Waals surface area (Å²) in [5.74, 6) is 0.395. The molecule has 8 nitrogen and oxygen atoms in total. The number of hydrogen-bond donors (Lipinski definition) is 3. The standard InChI is InChI=1S/C25H27N3O5/c1-16(12-24(30)26-11-10-17-8-9-22(32-2)23(13-17)33-3)27-28-25(31)20-14-18-6-4-5-7-19(18)15-21(20)29/h4-9,13-15,29H,10-12H2,1-3H3,(H,26,30)(H,28,31)/b27-16+. The minimum atomic E-state index is -0.550. The van der Waals surface area contributed by atoms with E-state index in [9.17, 15) is 14.7 Å². The topological polar surface area (TPSA) is 109 Å². The van der Waals surface area contributed by atoms with E-state index in [2.05, 4.69) is 15.8 Å². The van der Waals surface area contributed by atoms with Crippen LogP contribution in [0.1, 0.15) is 29.3 Å². The number of carbonyl (C=O) groups is 2. The third-order valence-corrected chi connectivity index (χ3v) is 5.06. The monoisotopic (exact) mass is 449 g/mol. The molecule has 0 bridgehead atoms. The first-order chi connectivity index (χ1) is 15.9. The lowest BCUT2D eigenvalue weighted by atomic mass is 10.1. The van der Waals surface area contributed by atoms with Crippen LogP contribution in [-0.4, -0.2) is 43.4 Å². The molecular weight excluding hydrogens is 422 g/mol. The molecule has 3 aromatic rings. The predicted octanol–water partition coefficient (Wildman–Crippen LogP) is 3.42. The van der Waals surface area contributed by atoms with Crippen LogP contribution in [0.2, 0.25) is 0 Å². The molecule has 0 aliphatic rings. The van der Waals surface area contributed by atoms with Gasteiger partial charge in [-0.3, -0.25) is 9.59 Å². The van der Waals surface area contributed by atoms with E-state index >= 15 is 0 Å². The highest BCUT2D eigenvalue weighted by Crippen LogP contribution is 2.27. The summed E-state index contributed by atoms with van der Waals surface area (Å²) in [6.07, 6.45) is 0.663. The number of amides is 2. The normalized spacial score (nSPS) is 11.2. The van der Waals surface area contributed by atoms with Crippen LogP contribution in [0, 0.1) is 0 Å². The molecule has 0 aliphatic carbocycles. The van der Waals surface area contributed by atoms with E-state index in [1.807, 2.05) is 42.5 Å². The highest BCUT2D eigenvalue weighted by Gasteiger charge is 2.13. The molecule has 0 unspecified atom stereocenters. The van der Waals surface area contributed by atoms with Crippen molar-refractivity contribution in [3.63, 3.8) is 0 Å². The van der Waals surface area contributed by atoms with Crippen molar-refractivity contribution in [1.82, 2.24) is 10.7 Å². The van der Waals surface area contributed by atoms with Crippen LogP contribution in [0.25, 0.3) is 10.8 Å². The van der Waals surface area contributed by atoms with Crippen molar-refractivity contribution in [2.45, 2.75) is 19.8 Å². The first-order valence-corrected chi connectivity index (χ1v) is 10.4. The first-order valence-electron chi connectivity index (χ1n) is 10.4. The average molecular weight is 450 g/mol. The van der Waals surface area contributed by atoms with Crippen LogP contribution in [0.4, 0.5) is 0 Å². The molecule has 0 saturated carbocycles. The number of nitrogens with zero attached hydrogens (tertiary/aromatic N) is 1.